The van der Waals surface area contributed by atoms with E-state index in [4.69, 9.17) is 4.74 Å². The van der Waals surface area contributed by atoms with E-state index in [0.717, 1.165) is 17.7 Å². The van der Waals surface area contributed by atoms with Crippen LogP contribution in [0.15, 0.2) is 60.7 Å². The molecule has 22 heavy (non-hydrogen) atoms. The van der Waals surface area contributed by atoms with Crippen molar-refractivity contribution in [1.82, 2.24) is 5.32 Å². The van der Waals surface area contributed by atoms with Gasteiger partial charge < -0.3 is 10.1 Å². The Bertz CT molecular complexity index is 618. The molecule has 0 aliphatic carbocycles. The molecule has 3 nitrogen and oxygen atoms in total. The molecule has 1 atom stereocenters. The smallest absolute Gasteiger partial charge is 0.244 e. The summed E-state index contributed by atoms with van der Waals surface area (Å²) in [5, 5.41) is 2.97. The van der Waals surface area contributed by atoms with Crippen molar-refractivity contribution < 1.29 is 9.53 Å². The minimum absolute atomic E-state index is 0.0840. The van der Waals surface area contributed by atoms with Crippen LogP contribution in [0.3, 0.4) is 0 Å². The molecular weight excluding hydrogens is 274 g/mol. The van der Waals surface area contributed by atoms with Gasteiger partial charge in [-0.3, -0.25) is 4.79 Å². The predicted octanol–water partition coefficient (Wildman–Crippen LogP) is 3.46. The summed E-state index contributed by atoms with van der Waals surface area (Å²) < 4.78 is 5.10. The topological polar surface area (TPSA) is 38.3 Å². The molecule has 0 spiro atoms. The van der Waals surface area contributed by atoms with Crippen molar-refractivity contribution >= 4 is 12.0 Å². The molecule has 2 aromatic rings. The van der Waals surface area contributed by atoms with Gasteiger partial charge in [0, 0.05) is 12.1 Å². The van der Waals surface area contributed by atoms with Crippen LogP contribution in [-0.2, 0) is 11.2 Å². The van der Waals surface area contributed by atoms with Crippen LogP contribution in [0.2, 0.25) is 0 Å². The first-order valence-electron chi connectivity index (χ1n) is 7.34. The van der Waals surface area contributed by atoms with Gasteiger partial charge >= 0.3 is 0 Å². The normalized spacial score (nSPS) is 12.1. The fraction of sp³-hybridized carbons (Fsp3) is 0.211. The summed E-state index contributed by atoms with van der Waals surface area (Å²) in [7, 11) is 1.63. The molecule has 3 heteroatoms. The lowest BCUT2D eigenvalue weighted by atomic mass is 10.1. The van der Waals surface area contributed by atoms with Crippen LogP contribution in [0.5, 0.6) is 5.75 Å². The van der Waals surface area contributed by atoms with E-state index in [1.165, 1.54) is 5.56 Å². The molecule has 1 N–H and O–H groups in total. The average Bonchev–Trinajstić information content (AvgIpc) is 2.54. The Morgan fingerprint density at radius 3 is 2.45 bits per heavy atom. The van der Waals surface area contributed by atoms with Gasteiger partial charge in [0.1, 0.15) is 5.75 Å². The van der Waals surface area contributed by atoms with Crippen molar-refractivity contribution in [2.45, 2.75) is 19.4 Å². The van der Waals surface area contributed by atoms with Crippen molar-refractivity contribution in [3.63, 3.8) is 0 Å². The Labute approximate surface area is 131 Å². The van der Waals surface area contributed by atoms with Gasteiger partial charge in [0.15, 0.2) is 0 Å². The number of hydrogen-bond donors (Lipinski definition) is 1. The molecule has 0 aliphatic rings. The summed E-state index contributed by atoms with van der Waals surface area (Å²) in [5.74, 6) is 0.720. The summed E-state index contributed by atoms with van der Waals surface area (Å²) in [6.45, 7) is 2.01. The number of carbonyl (C=O) groups is 1. The second kappa shape index (κ2) is 8.03. The Hall–Kier alpha value is -2.55. The SMILES string of the molecule is COc1ccc(C=CC(=O)NC(C)Cc2ccccc2)cc1. The Morgan fingerprint density at radius 1 is 1.14 bits per heavy atom. The molecule has 114 valence electrons. The molecule has 0 radical (unpaired) electrons. The standard InChI is InChI=1S/C19H21NO2/c1-15(14-17-6-4-3-5-7-17)20-19(21)13-10-16-8-11-18(22-2)12-9-16/h3-13,15H,14H2,1-2H3,(H,20,21). The zero-order chi connectivity index (χ0) is 15.8. The third kappa shape index (κ3) is 5.09. The third-order valence-corrected chi connectivity index (χ3v) is 3.32. The van der Waals surface area contributed by atoms with E-state index < -0.39 is 0 Å². The monoisotopic (exact) mass is 295 g/mol. The fourth-order valence-electron chi connectivity index (χ4n) is 2.20. The van der Waals surface area contributed by atoms with Gasteiger partial charge in [-0.05, 0) is 42.7 Å². The fourth-order valence-corrected chi connectivity index (χ4v) is 2.20. The van der Waals surface area contributed by atoms with E-state index in [9.17, 15) is 4.79 Å². The van der Waals surface area contributed by atoms with E-state index in [0.29, 0.717) is 0 Å². The minimum atomic E-state index is -0.0840. The van der Waals surface area contributed by atoms with E-state index in [-0.39, 0.29) is 11.9 Å². The quantitative estimate of drug-likeness (QED) is 0.829. The highest BCUT2D eigenvalue weighted by Gasteiger charge is 2.05. The van der Waals surface area contributed by atoms with Crippen LogP contribution in [0, 0.1) is 0 Å². The number of ether oxygens (including phenoxy) is 1. The van der Waals surface area contributed by atoms with Crippen LogP contribution in [0.1, 0.15) is 18.1 Å². The van der Waals surface area contributed by atoms with Crippen molar-refractivity contribution in [2.24, 2.45) is 0 Å². The zero-order valence-corrected chi connectivity index (χ0v) is 13.0. The van der Waals surface area contributed by atoms with Gasteiger partial charge in [0.2, 0.25) is 5.91 Å². The third-order valence-electron chi connectivity index (χ3n) is 3.32. The van der Waals surface area contributed by atoms with Crippen molar-refractivity contribution in [3.8, 4) is 5.75 Å². The van der Waals surface area contributed by atoms with Crippen LogP contribution in [-0.4, -0.2) is 19.1 Å². The van der Waals surface area contributed by atoms with Gasteiger partial charge in [0.05, 0.1) is 7.11 Å². The Morgan fingerprint density at radius 2 is 1.82 bits per heavy atom. The van der Waals surface area contributed by atoms with Crippen LogP contribution in [0.25, 0.3) is 6.08 Å². The molecule has 0 fully saturated rings. The number of hydrogen-bond acceptors (Lipinski definition) is 2. The summed E-state index contributed by atoms with van der Waals surface area (Å²) >= 11 is 0. The predicted molar refractivity (Wildman–Crippen MR) is 89.8 cm³/mol. The first kappa shape index (κ1) is 15.8. The molecule has 0 bridgehead atoms. The molecule has 2 aromatic carbocycles. The maximum absolute atomic E-state index is 11.9. The van der Waals surface area contributed by atoms with Gasteiger partial charge in [0.25, 0.3) is 0 Å². The molecule has 1 amide bonds. The lowest BCUT2D eigenvalue weighted by Gasteiger charge is -2.12. The lowest BCUT2D eigenvalue weighted by molar-refractivity contribution is -0.117. The van der Waals surface area contributed by atoms with E-state index in [1.807, 2.05) is 49.4 Å². The van der Waals surface area contributed by atoms with Crippen LogP contribution < -0.4 is 10.1 Å². The molecule has 0 heterocycles. The second-order valence-electron chi connectivity index (χ2n) is 5.21. The highest BCUT2D eigenvalue weighted by atomic mass is 16.5. The number of amides is 1. The lowest BCUT2D eigenvalue weighted by Crippen LogP contribution is -2.32. The molecular formula is C19H21NO2. The highest BCUT2D eigenvalue weighted by Crippen LogP contribution is 2.12. The molecule has 0 aromatic heterocycles. The summed E-state index contributed by atoms with van der Waals surface area (Å²) in [5.41, 5.74) is 2.18. The second-order valence-corrected chi connectivity index (χ2v) is 5.21. The first-order valence-corrected chi connectivity index (χ1v) is 7.34. The van der Waals surface area contributed by atoms with Gasteiger partial charge in [-0.25, -0.2) is 0 Å². The van der Waals surface area contributed by atoms with Gasteiger partial charge in [-0.2, -0.15) is 0 Å². The van der Waals surface area contributed by atoms with E-state index in [2.05, 4.69) is 17.4 Å². The van der Waals surface area contributed by atoms with Crippen molar-refractivity contribution in [2.75, 3.05) is 7.11 Å². The minimum Gasteiger partial charge on any atom is -0.497 e. The molecule has 0 saturated heterocycles. The van der Waals surface area contributed by atoms with E-state index in [1.54, 1.807) is 19.3 Å². The maximum Gasteiger partial charge on any atom is 0.244 e. The Balaban J connectivity index is 1.84. The average molecular weight is 295 g/mol. The van der Waals surface area contributed by atoms with Crippen molar-refractivity contribution in [3.05, 3.63) is 71.8 Å². The Kier molecular flexibility index (Phi) is 5.78. The highest BCUT2D eigenvalue weighted by molar-refractivity contribution is 5.91. The van der Waals surface area contributed by atoms with Crippen molar-refractivity contribution in [1.29, 1.82) is 0 Å². The van der Waals surface area contributed by atoms with E-state index >= 15 is 0 Å². The number of methoxy groups -OCH3 is 1. The van der Waals surface area contributed by atoms with Gasteiger partial charge in [-0.1, -0.05) is 42.5 Å². The molecule has 0 aliphatic heterocycles. The van der Waals surface area contributed by atoms with Crippen LogP contribution >= 0.6 is 0 Å². The maximum atomic E-state index is 11.9. The largest absolute Gasteiger partial charge is 0.497 e. The zero-order valence-electron chi connectivity index (χ0n) is 13.0. The number of nitrogens with one attached hydrogen (secondary N) is 1. The molecule has 2 rings (SSSR count). The van der Waals surface area contributed by atoms with Crippen LogP contribution in [0.4, 0.5) is 0 Å². The van der Waals surface area contributed by atoms with Gasteiger partial charge in [-0.15, -0.1) is 0 Å². The summed E-state index contributed by atoms with van der Waals surface area (Å²) in [6.07, 6.45) is 4.18. The first-order chi connectivity index (χ1) is 10.7. The number of carbonyl (C=O) groups excluding carboxylic acids is 1. The molecule has 1 unspecified atom stereocenters. The number of benzene rings is 2. The summed E-state index contributed by atoms with van der Waals surface area (Å²) in [4.78, 5) is 11.9. The molecule has 0 saturated carbocycles. The summed E-state index contributed by atoms with van der Waals surface area (Å²) in [6, 6.07) is 17.8. The number of rotatable bonds is 6.